The van der Waals surface area contributed by atoms with Crippen molar-refractivity contribution in [2.24, 2.45) is 0 Å². The normalized spacial score (nSPS) is 10.4. The summed E-state index contributed by atoms with van der Waals surface area (Å²) >= 11 is 11.7. The van der Waals surface area contributed by atoms with E-state index in [0.29, 0.717) is 22.2 Å². The van der Waals surface area contributed by atoms with Gasteiger partial charge in [-0.15, -0.1) is 0 Å². The fraction of sp³-hybridized carbons (Fsp3) is 0.154. The summed E-state index contributed by atoms with van der Waals surface area (Å²) in [6.45, 7) is 0.409. The highest BCUT2D eigenvalue weighted by Gasteiger charge is 2.14. The molecule has 0 radical (unpaired) electrons. The molecule has 18 heavy (non-hydrogen) atoms. The van der Waals surface area contributed by atoms with Crippen molar-refractivity contribution in [1.82, 2.24) is 4.90 Å². The predicted molar refractivity (Wildman–Crippen MR) is 71.0 cm³/mol. The van der Waals surface area contributed by atoms with E-state index in [1.165, 1.54) is 0 Å². The Morgan fingerprint density at radius 1 is 1.28 bits per heavy atom. The Labute approximate surface area is 115 Å². The van der Waals surface area contributed by atoms with Gasteiger partial charge in [0.05, 0.1) is 22.9 Å². The van der Waals surface area contributed by atoms with Crippen LogP contribution in [0, 0.1) is 0 Å². The summed E-state index contributed by atoms with van der Waals surface area (Å²) in [7, 11) is 1.70. The van der Waals surface area contributed by atoms with E-state index in [1.807, 2.05) is 6.07 Å². The molecule has 0 atom stereocenters. The zero-order valence-corrected chi connectivity index (χ0v) is 11.2. The van der Waals surface area contributed by atoms with Crippen molar-refractivity contribution in [3.63, 3.8) is 0 Å². The Morgan fingerprint density at radius 2 is 2.06 bits per heavy atom. The standard InChI is InChI=1S/C13H11Cl2NO2/c1-16(8-10-3-2-6-18-10)13(17)9-4-5-11(14)12(15)7-9/h2-7H,8H2,1H3. The number of amides is 1. The minimum Gasteiger partial charge on any atom is -0.467 e. The Bertz CT molecular complexity index is 552. The lowest BCUT2D eigenvalue weighted by Crippen LogP contribution is -2.25. The smallest absolute Gasteiger partial charge is 0.254 e. The molecule has 0 aliphatic carbocycles. The van der Waals surface area contributed by atoms with Crippen LogP contribution in [0.3, 0.4) is 0 Å². The Hall–Kier alpha value is -1.45. The first kappa shape index (κ1) is 13.0. The van der Waals surface area contributed by atoms with Crippen molar-refractivity contribution < 1.29 is 9.21 Å². The first-order valence-corrected chi connectivity index (χ1v) is 6.06. The van der Waals surface area contributed by atoms with Crippen LogP contribution in [0.25, 0.3) is 0 Å². The molecule has 1 heterocycles. The highest BCUT2D eigenvalue weighted by atomic mass is 35.5. The largest absolute Gasteiger partial charge is 0.467 e. The van der Waals surface area contributed by atoms with E-state index >= 15 is 0 Å². The summed E-state index contributed by atoms with van der Waals surface area (Å²) in [6, 6.07) is 8.42. The van der Waals surface area contributed by atoms with Gasteiger partial charge in [0.15, 0.2) is 0 Å². The van der Waals surface area contributed by atoms with Crippen molar-refractivity contribution >= 4 is 29.1 Å². The van der Waals surface area contributed by atoms with E-state index in [4.69, 9.17) is 27.6 Å². The highest BCUT2D eigenvalue weighted by molar-refractivity contribution is 6.42. The number of rotatable bonds is 3. The molecule has 5 heteroatoms. The number of carbonyl (C=O) groups is 1. The molecule has 2 rings (SSSR count). The lowest BCUT2D eigenvalue weighted by atomic mass is 10.2. The molecule has 1 amide bonds. The minimum atomic E-state index is -0.134. The average molecular weight is 284 g/mol. The quantitative estimate of drug-likeness (QED) is 0.857. The molecule has 0 unspecified atom stereocenters. The van der Waals surface area contributed by atoms with E-state index in [9.17, 15) is 4.79 Å². The minimum absolute atomic E-state index is 0.134. The zero-order chi connectivity index (χ0) is 13.1. The maximum Gasteiger partial charge on any atom is 0.254 e. The third-order valence-corrected chi connectivity index (χ3v) is 3.23. The van der Waals surface area contributed by atoms with E-state index in [1.54, 1.807) is 42.5 Å². The molecular weight excluding hydrogens is 273 g/mol. The number of nitrogens with zero attached hydrogens (tertiary/aromatic N) is 1. The van der Waals surface area contributed by atoms with Crippen LogP contribution >= 0.6 is 23.2 Å². The Kier molecular flexibility index (Phi) is 3.94. The predicted octanol–water partition coefficient (Wildman–Crippen LogP) is 3.86. The lowest BCUT2D eigenvalue weighted by molar-refractivity contribution is 0.0775. The first-order chi connectivity index (χ1) is 8.58. The van der Waals surface area contributed by atoms with E-state index in [0.717, 1.165) is 5.76 Å². The van der Waals surface area contributed by atoms with Crippen molar-refractivity contribution in [2.75, 3.05) is 7.05 Å². The molecule has 0 saturated heterocycles. The summed E-state index contributed by atoms with van der Waals surface area (Å²) in [6.07, 6.45) is 1.58. The molecule has 0 aliphatic rings. The second-order valence-electron chi connectivity index (χ2n) is 3.87. The molecule has 0 N–H and O–H groups in total. The highest BCUT2D eigenvalue weighted by Crippen LogP contribution is 2.23. The summed E-state index contributed by atoms with van der Waals surface area (Å²) in [4.78, 5) is 13.7. The van der Waals surface area contributed by atoms with Crippen LogP contribution in [0.1, 0.15) is 16.1 Å². The van der Waals surface area contributed by atoms with Gasteiger partial charge in [-0.1, -0.05) is 23.2 Å². The molecule has 0 saturated carbocycles. The van der Waals surface area contributed by atoms with Gasteiger partial charge in [-0.3, -0.25) is 4.79 Å². The number of benzene rings is 1. The van der Waals surface area contributed by atoms with E-state index < -0.39 is 0 Å². The van der Waals surface area contributed by atoms with E-state index in [2.05, 4.69) is 0 Å². The van der Waals surface area contributed by atoms with Crippen LogP contribution in [0.2, 0.25) is 10.0 Å². The zero-order valence-electron chi connectivity index (χ0n) is 9.69. The van der Waals surface area contributed by atoms with Gasteiger partial charge in [0.2, 0.25) is 0 Å². The molecule has 0 spiro atoms. The van der Waals surface area contributed by atoms with Gasteiger partial charge in [-0.2, -0.15) is 0 Å². The van der Waals surface area contributed by atoms with Crippen molar-refractivity contribution in [2.45, 2.75) is 6.54 Å². The van der Waals surface area contributed by atoms with Crippen LogP contribution in [-0.4, -0.2) is 17.9 Å². The molecule has 0 bridgehead atoms. The summed E-state index contributed by atoms with van der Waals surface area (Å²) in [5, 5.41) is 0.802. The van der Waals surface area contributed by atoms with Crippen LogP contribution in [-0.2, 0) is 6.54 Å². The number of hydrogen-bond acceptors (Lipinski definition) is 2. The van der Waals surface area contributed by atoms with Gasteiger partial charge in [-0.25, -0.2) is 0 Å². The molecule has 1 aromatic carbocycles. The van der Waals surface area contributed by atoms with Crippen molar-refractivity contribution in [1.29, 1.82) is 0 Å². The van der Waals surface area contributed by atoms with Crippen molar-refractivity contribution in [3.8, 4) is 0 Å². The maximum absolute atomic E-state index is 12.1. The second kappa shape index (κ2) is 5.46. The Balaban J connectivity index is 2.12. The van der Waals surface area contributed by atoms with E-state index in [-0.39, 0.29) is 5.91 Å². The fourth-order valence-corrected chi connectivity index (χ4v) is 1.86. The first-order valence-electron chi connectivity index (χ1n) is 5.31. The molecule has 0 fully saturated rings. The third kappa shape index (κ3) is 2.86. The number of halogens is 2. The van der Waals surface area contributed by atoms with Crippen LogP contribution in [0.5, 0.6) is 0 Å². The SMILES string of the molecule is CN(Cc1ccco1)C(=O)c1ccc(Cl)c(Cl)c1. The lowest BCUT2D eigenvalue weighted by Gasteiger charge is -2.16. The van der Waals surface area contributed by atoms with Gasteiger partial charge < -0.3 is 9.32 Å². The van der Waals surface area contributed by atoms with Gasteiger partial charge in [0, 0.05) is 12.6 Å². The van der Waals surface area contributed by atoms with Gasteiger partial charge in [-0.05, 0) is 30.3 Å². The van der Waals surface area contributed by atoms with Crippen LogP contribution in [0.15, 0.2) is 41.0 Å². The third-order valence-electron chi connectivity index (χ3n) is 2.49. The fourth-order valence-electron chi connectivity index (χ4n) is 1.56. The maximum atomic E-state index is 12.1. The van der Waals surface area contributed by atoms with Crippen LogP contribution < -0.4 is 0 Å². The van der Waals surface area contributed by atoms with Gasteiger partial charge >= 0.3 is 0 Å². The van der Waals surface area contributed by atoms with Gasteiger partial charge in [0.1, 0.15) is 5.76 Å². The number of furan rings is 1. The second-order valence-corrected chi connectivity index (χ2v) is 4.68. The number of carbonyl (C=O) groups excluding carboxylic acids is 1. The summed E-state index contributed by atoms with van der Waals surface area (Å²) < 4.78 is 5.19. The molecule has 94 valence electrons. The summed E-state index contributed by atoms with van der Waals surface area (Å²) in [5.41, 5.74) is 0.499. The Morgan fingerprint density at radius 3 is 2.67 bits per heavy atom. The van der Waals surface area contributed by atoms with Gasteiger partial charge in [0.25, 0.3) is 5.91 Å². The molecule has 0 aliphatic heterocycles. The molecule has 1 aromatic heterocycles. The monoisotopic (exact) mass is 283 g/mol. The molecule has 2 aromatic rings. The number of hydrogen-bond donors (Lipinski definition) is 0. The molecule has 3 nitrogen and oxygen atoms in total. The molecular formula is C13H11Cl2NO2. The summed E-state index contributed by atoms with van der Waals surface area (Å²) in [5.74, 6) is 0.593. The average Bonchev–Trinajstić information content (AvgIpc) is 2.84. The topological polar surface area (TPSA) is 33.5 Å². The van der Waals surface area contributed by atoms with Crippen molar-refractivity contribution in [3.05, 3.63) is 58.0 Å². The van der Waals surface area contributed by atoms with Crippen LogP contribution in [0.4, 0.5) is 0 Å².